The van der Waals surface area contributed by atoms with E-state index in [1.807, 2.05) is 12.5 Å². The van der Waals surface area contributed by atoms with Crippen molar-refractivity contribution in [2.75, 3.05) is 19.6 Å². The molecule has 3 rings (SSSR count). The van der Waals surface area contributed by atoms with Crippen LogP contribution in [-0.4, -0.2) is 34.1 Å². The predicted molar refractivity (Wildman–Crippen MR) is 76.8 cm³/mol. The smallest absolute Gasteiger partial charge is 0.0951 e. The van der Waals surface area contributed by atoms with Gasteiger partial charge >= 0.3 is 0 Å². The first-order valence-electron chi connectivity index (χ1n) is 7.66. The molecular formula is C15H26N4. The fourth-order valence-electron chi connectivity index (χ4n) is 3.33. The zero-order valence-electron chi connectivity index (χ0n) is 12.1. The van der Waals surface area contributed by atoms with Crippen LogP contribution in [0.4, 0.5) is 0 Å². The normalized spacial score (nSPS) is 26.2. The molecule has 1 saturated heterocycles. The molecule has 106 valence electrons. The van der Waals surface area contributed by atoms with Gasteiger partial charge < -0.3 is 10.3 Å². The number of nitrogens with two attached hydrogens (primary N) is 1. The Hall–Kier alpha value is -0.870. The van der Waals surface area contributed by atoms with E-state index < -0.39 is 0 Å². The second-order valence-corrected chi connectivity index (χ2v) is 6.50. The van der Waals surface area contributed by atoms with Gasteiger partial charge in [-0.05, 0) is 37.6 Å². The lowest BCUT2D eigenvalue weighted by atomic mass is 9.95. The third kappa shape index (κ3) is 2.56. The van der Waals surface area contributed by atoms with Crippen molar-refractivity contribution in [3.05, 3.63) is 18.2 Å². The van der Waals surface area contributed by atoms with Crippen LogP contribution >= 0.6 is 0 Å². The first-order valence-corrected chi connectivity index (χ1v) is 7.66. The number of imidazole rings is 1. The molecule has 1 aliphatic heterocycles. The van der Waals surface area contributed by atoms with Crippen molar-refractivity contribution >= 4 is 0 Å². The predicted octanol–water partition coefficient (Wildman–Crippen LogP) is 2.20. The highest BCUT2D eigenvalue weighted by Gasteiger charge is 2.33. The fraction of sp³-hybridized carbons (Fsp3) is 0.800. The van der Waals surface area contributed by atoms with Gasteiger partial charge in [-0.3, -0.25) is 4.90 Å². The summed E-state index contributed by atoms with van der Waals surface area (Å²) < 4.78 is 2.36. The number of rotatable bonds is 5. The highest BCUT2D eigenvalue weighted by atomic mass is 15.2. The van der Waals surface area contributed by atoms with Gasteiger partial charge in [0.15, 0.2) is 0 Å². The average molecular weight is 262 g/mol. The maximum atomic E-state index is 6.07. The SMILES string of the molecule is CC(C)C1CCN(C(CN)c2cncn2C2CC2)C1. The Kier molecular flexibility index (Phi) is 3.63. The molecule has 1 aromatic rings. The van der Waals surface area contributed by atoms with Crippen molar-refractivity contribution < 1.29 is 0 Å². The third-order valence-electron chi connectivity index (χ3n) is 4.84. The van der Waals surface area contributed by atoms with E-state index in [4.69, 9.17) is 5.73 Å². The molecule has 0 amide bonds. The first kappa shape index (κ1) is 13.1. The summed E-state index contributed by atoms with van der Waals surface area (Å²) in [7, 11) is 0. The number of nitrogens with zero attached hydrogens (tertiary/aromatic N) is 3. The van der Waals surface area contributed by atoms with Crippen LogP contribution in [0.5, 0.6) is 0 Å². The minimum atomic E-state index is 0.354. The molecule has 2 N–H and O–H groups in total. The maximum absolute atomic E-state index is 6.07. The van der Waals surface area contributed by atoms with Crippen LogP contribution in [0.1, 0.15) is 50.9 Å². The minimum absolute atomic E-state index is 0.354. The monoisotopic (exact) mass is 262 g/mol. The highest BCUT2D eigenvalue weighted by Crippen LogP contribution is 2.38. The summed E-state index contributed by atoms with van der Waals surface area (Å²) in [5.41, 5.74) is 7.40. The van der Waals surface area contributed by atoms with Gasteiger partial charge in [-0.15, -0.1) is 0 Å². The Labute approximate surface area is 116 Å². The van der Waals surface area contributed by atoms with Crippen molar-refractivity contribution in [3.63, 3.8) is 0 Å². The molecule has 1 aromatic heterocycles. The van der Waals surface area contributed by atoms with Crippen LogP contribution in [-0.2, 0) is 0 Å². The molecule has 4 nitrogen and oxygen atoms in total. The quantitative estimate of drug-likeness (QED) is 0.885. The van der Waals surface area contributed by atoms with E-state index in [0.717, 1.165) is 11.8 Å². The molecule has 0 spiro atoms. The van der Waals surface area contributed by atoms with Crippen LogP contribution < -0.4 is 5.73 Å². The van der Waals surface area contributed by atoms with Gasteiger partial charge in [-0.2, -0.15) is 0 Å². The summed E-state index contributed by atoms with van der Waals surface area (Å²) in [6.45, 7) is 7.74. The molecule has 2 unspecified atom stereocenters. The molecule has 1 saturated carbocycles. The first-order chi connectivity index (χ1) is 9.20. The molecule has 0 aromatic carbocycles. The lowest BCUT2D eigenvalue weighted by molar-refractivity contribution is 0.223. The number of likely N-dealkylation sites (tertiary alicyclic amines) is 1. The molecule has 0 radical (unpaired) electrons. The van der Waals surface area contributed by atoms with E-state index in [9.17, 15) is 0 Å². The Morgan fingerprint density at radius 2 is 2.16 bits per heavy atom. The van der Waals surface area contributed by atoms with Gasteiger partial charge in [0.2, 0.25) is 0 Å². The standard InChI is InChI=1S/C15H26N4/c1-11(2)12-5-6-18(9-12)14(7-16)15-8-17-10-19(15)13-3-4-13/h8,10-14H,3-7,9,16H2,1-2H3. The average Bonchev–Trinajstić information content (AvgIpc) is 2.92. The van der Waals surface area contributed by atoms with Crippen LogP contribution in [0.2, 0.25) is 0 Å². The van der Waals surface area contributed by atoms with Crippen LogP contribution in [0.15, 0.2) is 12.5 Å². The van der Waals surface area contributed by atoms with Crippen LogP contribution in [0.25, 0.3) is 0 Å². The molecular weight excluding hydrogens is 236 g/mol. The Balaban J connectivity index is 1.75. The molecule has 2 fully saturated rings. The Morgan fingerprint density at radius 1 is 1.37 bits per heavy atom. The van der Waals surface area contributed by atoms with E-state index in [0.29, 0.717) is 18.6 Å². The van der Waals surface area contributed by atoms with Crippen molar-refractivity contribution in [1.29, 1.82) is 0 Å². The fourth-order valence-corrected chi connectivity index (χ4v) is 3.33. The van der Waals surface area contributed by atoms with E-state index in [2.05, 4.69) is 28.3 Å². The number of hydrogen-bond acceptors (Lipinski definition) is 3. The van der Waals surface area contributed by atoms with Gasteiger partial charge in [-0.25, -0.2) is 4.98 Å². The van der Waals surface area contributed by atoms with E-state index in [1.165, 1.54) is 38.0 Å². The third-order valence-corrected chi connectivity index (χ3v) is 4.84. The van der Waals surface area contributed by atoms with Crippen LogP contribution in [0, 0.1) is 11.8 Å². The molecule has 1 aliphatic carbocycles. The summed E-state index contributed by atoms with van der Waals surface area (Å²) in [4.78, 5) is 6.93. The van der Waals surface area contributed by atoms with Crippen molar-refractivity contribution in [2.24, 2.45) is 17.6 Å². The molecule has 2 heterocycles. The lowest BCUT2D eigenvalue weighted by Crippen LogP contribution is -2.33. The van der Waals surface area contributed by atoms with E-state index in [1.54, 1.807) is 0 Å². The second-order valence-electron chi connectivity index (χ2n) is 6.50. The summed E-state index contributed by atoms with van der Waals surface area (Å²) in [5.74, 6) is 1.60. The Morgan fingerprint density at radius 3 is 2.74 bits per heavy atom. The summed E-state index contributed by atoms with van der Waals surface area (Å²) in [6.07, 6.45) is 7.93. The largest absolute Gasteiger partial charge is 0.330 e. The summed E-state index contributed by atoms with van der Waals surface area (Å²) in [5, 5.41) is 0. The zero-order valence-corrected chi connectivity index (χ0v) is 12.1. The van der Waals surface area contributed by atoms with Gasteiger partial charge in [0.05, 0.1) is 18.1 Å². The van der Waals surface area contributed by atoms with Crippen molar-refractivity contribution in [1.82, 2.24) is 14.5 Å². The van der Waals surface area contributed by atoms with Gasteiger partial charge in [0.1, 0.15) is 0 Å². The number of aromatic nitrogens is 2. The molecule has 2 aliphatic rings. The minimum Gasteiger partial charge on any atom is -0.330 e. The van der Waals surface area contributed by atoms with Crippen LogP contribution in [0.3, 0.4) is 0 Å². The molecule has 2 atom stereocenters. The number of hydrogen-bond donors (Lipinski definition) is 1. The lowest BCUT2D eigenvalue weighted by Gasteiger charge is -2.28. The van der Waals surface area contributed by atoms with Gasteiger partial charge in [0, 0.05) is 25.3 Å². The van der Waals surface area contributed by atoms with Crippen molar-refractivity contribution in [2.45, 2.75) is 45.2 Å². The molecule has 4 heteroatoms. The van der Waals surface area contributed by atoms with E-state index in [-0.39, 0.29) is 0 Å². The second kappa shape index (κ2) is 5.25. The summed E-state index contributed by atoms with van der Waals surface area (Å²) >= 11 is 0. The maximum Gasteiger partial charge on any atom is 0.0951 e. The van der Waals surface area contributed by atoms with Gasteiger partial charge in [-0.1, -0.05) is 13.8 Å². The van der Waals surface area contributed by atoms with E-state index >= 15 is 0 Å². The van der Waals surface area contributed by atoms with Crippen molar-refractivity contribution in [3.8, 4) is 0 Å². The Bertz CT molecular complexity index is 422. The highest BCUT2D eigenvalue weighted by molar-refractivity contribution is 5.10. The summed E-state index contributed by atoms with van der Waals surface area (Å²) in [6, 6.07) is 1.04. The molecule has 0 bridgehead atoms. The van der Waals surface area contributed by atoms with Gasteiger partial charge in [0.25, 0.3) is 0 Å². The zero-order chi connectivity index (χ0) is 13.4. The molecule has 19 heavy (non-hydrogen) atoms. The topological polar surface area (TPSA) is 47.1 Å².